The molecule has 0 fully saturated rings. The van der Waals surface area contributed by atoms with E-state index in [9.17, 15) is 0 Å². The molecule has 1 aliphatic carbocycles. The molecule has 0 saturated heterocycles. The lowest BCUT2D eigenvalue weighted by atomic mass is 10.1. The fraction of sp³-hybridized carbons (Fsp3) is 0.286. The van der Waals surface area contributed by atoms with Crippen molar-refractivity contribution in [2.24, 2.45) is 0 Å². The van der Waals surface area contributed by atoms with Gasteiger partial charge in [-0.3, -0.25) is 0 Å². The van der Waals surface area contributed by atoms with Crippen molar-refractivity contribution in [3.8, 4) is 0 Å². The van der Waals surface area contributed by atoms with Gasteiger partial charge < -0.3 is 5.32 Å². The summed E-state index contributed by atoms with van der Waals surface area (Å²) in [5.41, 5.74) is 2.52. The monoisotopic (exact) mass is 297 g/mol. The summed E-state index contributed by atoms with van der Waals surface area (Å²) < 4.78 is 0.893. The summed E-state index contributed by atoms with van der Waals surface area (Å²) in [7, 11) is 0. The minimum absolute atomic E-state index is 0.417. The number of halogens is 2. The van der Waals surface area contributed by atoms with Crippen LogP contribution in [0.15, 0.2) is 30.3 Å². The van der Waals surface area contributed by atoms with Gasteiger partial charge in [0, 0.05) is 22.5 Å². The Bertz CT molecular complexity index is 565. The molecule has 94 valence electrons. The minimum atomic E-state index is 0.417. The summed E-state index contributed by atoms with van der Waals surface area (Å²) in [6, 6.07) is 10.5. The molecule has 0 radical (unpaired) electrons. The maximum atomic E-state index is 6.15. The van der Waals surface area contributed by atoms with Crippen LogP contribution in [-0.2, 0) is 13.0 Å². The van der Waals surface area contributed by atoms with Crippen LogP contribution in [0.4, 0.5) is 0 Å². The van der Waals surface area contributed by atoms with Crippen molar-refractivity contribution in [3.05, 3.63) is 55.7 Å². The second kappa shape index (κ2) is 5.22. The van der Waals surface area contributed by atoms with Crippen molar-refractivity contribution in [3.63, 3.8) is 0 Å². The van der Waals surface area contributed by atoms with Crippen molar-refractivity contribution >= 4 is 34.5 Å². The number of aryl methyl sites for hydroxylation is 1. The molecule has 0 aliphatic heterocycles. The lowest BCUT2D eigenvalue weighted by molar-refractivity contribution is 0.530. The van der Waals surface area contributed by atoms with E-state index >= 15 is 0 Å². The molecular formula is C14H13Cl2NS. The number of rotatable bonds is 3. The zero-order chi connectivity index (χ0) is 12.5. The van der Waals surface area contributed by atoms with Gasteiger partial charge in [0.05, 0.1) is 4.34 Å². The molecule has 1 aliphatic rings. The van der Waals surface area contributed by atoms with Crippen molar-refractivity contribution in [2.45, 2.75) is 25.4 Å². The van der Waals surface area contributed by atoms with Gasteiger partial charge in [0.2, 0.25) is 0 Å². The highest BCUT2D eigenvalue weighted by Gasteiger charge is 2.24. The minimum Gasteiger partial charge on any atom is -0.306 e. The predicted octanol–water partition coefficient (Wildman–Crippen LogP) is 4.83. The van der Waals surface area contributed by atoms with Crippen LogP contribution in [0.3, 0.4) is 0 Å². The lowest BCUT2D eigenvalue weighted by Crippen LogP contribution is -2.18. The zero-order valence-electron chi connectivity index (χ0n) is 9.75. The molecule has 1 nitrogen and oxygen atoms in total. The highest BCUT2D eigenvalue weighted by atomic mass is 35.5. The van der Waals surface area contributed by atoms with Crippen LogP contribution in [0.25, 0.3) is 0 Å². The summed E-state index contributed by atoms with van der Waals surface area (Å²) in [4.78, 5) is 1.43. The Morgan fingerprint density at radius 2 is 2.11 bits per heavy atom. The number of nitrogens with one attached hydrogen (secondary N) is 1. The molecule has 3 rings (SSSR count). The number of thiophene rings is 1. The first-order valence-electron chi connectivity index (χ1n) is 5.99. The van der Waals surface area contributed by atoms with Crippen molar-refractivity contribution in [1.29, 1.82) is 0 Å². The van der Waals surface area contributed by atoms with Crippen LogP contribution in [0.1, 0.15) is 28.5 Å². The summed E-state index contributed by atoms with van der Waals surface area (Å²) in [5.74, 6) is 0. The second-order valence-electron chi connectivity index (χ2n) is 4.49. The van der Waals surface area contributed by atoms with Crippen LogP contribution < -0.4 is 5.32 Å². The molecule has 4 heteroatoms. The van der Waals surface area contributed by atoms with E-state index < -0.39 is 0 Å². The van der Waals surface area contributed by atoms with Gasteiger partial charge in [-0.15, -0.1) is 11.3 Å². The lowest BCUT2D eigenvalue weighted by Gasteiger charge is -2.13. The Labute approximate surface area is 121 Å². The highest BCUT2D eigenvalue weighted by Crippen LogP contribution is 2.39. The molecule has 1 atom stereocenters. The Morgan fingerprint density at radius 1 is 1.28 bits per heavy atom. The van der Waals surface area contributed by atoms with Crippen LogP contribution in [0.2, 0.25) is 9.36 Å². The Kier molecular flexibility index (Phi) is 3.62. The van der Waals surface area contributed by atoms with E-state index in [1.807, 2.05) is 18.2 Å². The fourth-order valence-electron chi connectivity index (χ4n) is 2.42. The standard InChI is InChI=1S/C14H13Cl2NS/c15-11-4-2-1-3-9(11)8-17-12-5-6-13-10(12)7-14(16)18-13/h1-4,7,12,17H,5-6,8H2. The van der Waals surface area contributed by atoms with Crippen LogP contribution in [0.5, 0.6) is 0 Å². The van der Waals surface area contributed by atoms with Gasteiger partial charge >= 0.3 is 0 Å². The van der Waals surface area contributed by atoms with E-state index in [1.54, 1.807) is 11.3 Å². The largest absolute Gasteiger partial charge is 0.306 e. The molecule has 1 N–H and O–H groups in total. The maximum Gasteiger partial charge on any atom is 0.0934 e. The van der Waals surface area contributed by atoms with E-state index in [4.69, 9.17) is 23.2 Å². The second-order valence-corrected chi connectivity index (χ2v) is 6.67. The normalized spacial score (nSPS) is 18.0. The smallest absolute Gasteiger partial charge is 0.0934 e. The summed E-state index contributed by atoms with van der Waals surface area (Å²) in [6.45, 7) is 0.803. The average molecular weight is 298 g/mol. The Hall–Kier alpha value is -0.540. The van der Waals surface area contributed by atoms with Crippen molar-refractivity contribution < 1.29 is 0 Å². The number of benzene rings is 1. The van der Waals surface area contributed by atoms with Crippen LogP contribution in [0, 0.1) is 0 Å². The summed E-state index contributed by atoms with van der Waals surface area (Å²) >= 11 is 13.9. The first-order valence-corrected chi connectivity index (χ1v) is 7.56. The van der Waals surface area contributed by atoms with E-state index in [0.717, 1.165) is 34.3 Å². The van der Waals surface area contributed by atoms with E-state index in [-0.39, 0.29) is 0 Å². The molecule has 0 bridgehead atoms. The first-order chi connectivity index (χ1) is 8.74. The molecule has 0 spiro atoms. The highest BCUT2D eigenvalue weighted by molar-refractivity contribution is 7.16. The molecular weight excluding hydrogens is 285 g/mol. The molecule has 0 saturated carbocycles. The average Bonchev–Trinajstić information content (AvgIpc) is 2.88. The predicted molar refractivity (Wildman–Crippen MR) is 78.7 cm³/mol. The van der Waals surface area contributed by atoms with Crippen LogP contribution in [-0.4, -0.2) is 0 Å². The van der Waals surface area contributed by atoms with Crippen LogP contribution >= 0.6 is 34.5 Å². The third-order valence-electron chi connectivity index (χ3n) is 3.34. The van der Waals surface area contributed by atoms with Gasteiger partial charge in [-0.25, -0.2) is 0 Å². The van der Waals surface area contributed by atoms with Gasteiger partial charge in [-0.1, -0.05) is 41.4 Å². The molecule has 1 aromatic carbocycles. The third-order valence-corrected chi connectivity index (χ3v) is 5.05. The number of hydrogen-bond donors (Lipinski definition) is 1. The molecule has 0 amide bonds. The van der Waals surface area contributed by atoms with Gasteiger partial charge in [0.25, 0.3) is 0 Å². The van der Waals surface area contributed by atoms with Crippen molar-refractivity contribution in [2.75, 3.05) is 0 Å². The quantitative estimate of drug-likeness (QED) is 0.855. The molecule has 1 unspecified atom stereocenters. The van der Waals surface area contributed by atoms with Gasteiger partial charge in [0.1, 0.15) is 0 Å². The fourth-order valence-corrected chi connectivity index (χ4v) is 3.98. The zero-order valence-corrected chi connectivity index (χ0v) is 12.1. The molecule has 1 heterocycles. The number of fused-ring (bicyclic) bond motifs is 1. The molecule has 18 heavy (non-hydrogen) atoms. The third kappa shape index (κ3) is 2.43. The van der Waals surface area contributed by atoms with Crippen molar-refractivity contribution in [1.82, 2.24) is 5.32 Å². The first kappa shape index (κ1) is 12.5. The molecule has 2 aromatic rings. The summed E-state index contributed by atoms with van der Waals surface area (Å²) in [5, 5.41) is 4.40. The maximum absolute atomic E-state index is 6.15. The van der Waals surface area contributed by atoms with E-state index in [1.165, 1.54) is 10.4 Å². The Balaban J connectivity index is 1.70. The Morgan fingerprint density at radius 3 is 2.94 bits per heavy atom. The van der Waals surface area contributed by atoms with E-state index in [2.05, 4.69) is 17.4 Å². The number of hydrogen-bond acceptors (Lipinski definition) is 2. The topological polar surface area (TPSA) is 12.0 Å². The van der Waals surface area contributed by atoms with E-state index in [0.29, 0.717) is 6.04 Å². The van der Waals surface area contributed by atoms with Gasteiger partial charge in [0.15, 0.2) is 0 Å². The van der Waals surface area contributed by atoms with Gasteiger partial charge in [-0.05, 0) is 36.1 Å². The van der Waals surface area contributed by atoms with Gasteiger partial charge in [-0.2, -0.15) is 0 Å². The molecule has 1 aromatic heterocycles. The SMILES string of the molecule is Clc1cc2c(s1)CCC2NCc1ccccc1Cl. The summed E-state index contributed by atoms with van der Waals surface area (Å²) in [6.07, 6.45) is 2.29.